The van der Waals surface area contributed by atoms with Crippen molar-refractivity contribution in [3.63, 3.8) is 0 Å². The standard InChI is InChI=1S/C14H28O3/c1-2-3-4-5-6-7-8-9-10-16-14-13-15-11-12-17-14/h14H,2-13H2,1H3. The van der Waals surface area contributed by atoms with E-state index in [1.807, 2.05) is 0 Å². The average Bonchev–Trinajstić information content (AvgIpc) is 2.38. The average molecular weight is 244 g/mol. The highest BCUT2D eigenvalue weighted by molar-refractivity contribution is 4.50. The van der Waals surface area contributed by atoms with Gasteiger partial charge in [-0.05, 0) is 6.42 Å². The van der Waals surface area contributed by atoms with Crippen LogP contribution in [-0.2, 0) is 14.2 Å². The SMILES string of the molecule is CCCCCCCCCCOC1COCCO1. The Morgan fingerprint density at radius 1 is 0.941 bits per heavy atom. The highest BCUT2D eigenvalue weighted by atomic mass is 16.7. The largest absolute Gasteiger partial charge is 0.374 e. The van der Waals surface area contributed by atoms with Crippen molar-refractivity contribution in [3.05, 3.63) is 0 Å². The Kier molecular flexibility index (Phi) is 9.66. The van der Waals surface area contributed by atoms with Crippen LogP contribution >= 0.6 is 0 Å². The van der Waals surface area contributed by atoms with Gasteiger partial charge in [0.1, 0.15) is 0 Å². The van der Waals surface area contributed by atoms with Crippen molar-refractivity contribution < 1.29 is 14.2 Å². The van der Waals surface area contributed by atoms with Crippen LogP contribution in [0, 0.1) is 0 Å². The van der Waals surface area contributed by atoms with Crippen molar-refractivity contribution in [2.45, 2.75) is 64.6 Å². The summed E-state index contributed by atoms with van der Waals surface area (Å²) in [5.74, 6) is 0. The number of rotatable bonds is 10. The number of unbranched alkanes of at least 4 members (excludes halogenated alkanes) is 7. The number of ether oxygens (including phenoxy) is 3. The first-order chi connectivity index (χ1) is 8.43. The van der Waals surface area contributed by atoms with E-state index in [1.165, 1.54) is 44.9 Å². The first-order valence-corrected chi connectivity index (χ1v) is 7.24. The normalized spacial score (nSPS) is 20.6. The maximum atomic E-state index is 5.58. The summed E-state index contributed by atoms with van der Waals surface area (Å²) in [7, 11) is 0. The molecule has 1 rings (SSSR count). The highest BCUT2D eigenvalue weighted by Crippen LogP contribution is 2.09. The molecule has 1 fully saturated rings. The molecule has 0 aliphatic carbocycles. The lowest BCUT2D eigenvalue weighted by Crippen LogP contribution is -2.31. The fourth-order valence-corrected chi connectivity index (χ4v) is 2.01. The predicted octanol–water partition coefficient (Wildman–Crippen LogP) is 3.52. The maximum absolute atomic E-state index is 5.58. The molecule has 1 unspecified atom stereocenters. The van der Waals surface area contributed by atoms with E-state index in [2.05, 4.69) is 6.92 Å². The van der Waals surface area contributed by atoms with Crippen molar-refractivity contribution in [1.29, 1.82) is 0 Å². The van der Waals surface area contributed by atoms with E-state index in [-0.39, 0.29) is 6.29 Å². The number of hydrogen-bond donors (Lipinski definition) is 0. The second kappa shape index (κ2) is 11.0. The first-order valence-electron chi connectivity index (χ1n) is 7.24. The van der Waals surface area contributed by atoms with Gasteiger partial charge in [0.15, 0.2) is 6.29 Å². The van der Waals surface area contributed by atoms with Gasteiger partial charge >= 0.3 is 0 Å². The van der Waals surface area contributed by atoms with Gasteiger partial charge in [-0.3, -0.25) is 0 Å². The molecular formula is C14H28O3. The topological polar surface area (TPSA) is 27.7 Å². The van der Waals surface area contributed by atoms with Gasteiger partial charge in [-0.2, -0.15) is 0 Å². The minimum absolute atomic E-state index is 0.117. The molecule has 1 saturated heterocycles. The molecule has 0 saturated carbocycles. The summed E-state index contributed by atoms with van der Waals surface area (Å²) < 4.78 is 16.2. The molecule has 17 heavy (non-hydrogen) atoms. The number of hydrogen-bond acceptors (Lipinski definition) is 3. The van der Waals surface area contributed by atoms with Crippen LogP contribution in [-0.4, -0.2) is 32.7 Å². The van der Waals surface area contributed by atoms with Gasteiger partial charge in [0.05, 0.1) is 19.8 Å². The Bertz CT molecular complexity index is 156. The molecule has 3 heteroatoms. The Morgan fingerprint density at radius 2 is 1.65 bits per heavy atom. The monoisotopic (exact) mass is 244 g/mol. The lowest BCUT2D eigenvalue weighted by atomic mass is 10.1. The van der Waals surface area contributed by atoms with E-state index in [4.69, 9.17) is 14.2 Å². The van der Waals surface area contributed by atoms with Crippen LogP contribution in [0.5, 0.6) is 0 Å². The fraction of sp³-hybridized carbons (Fsp3) is 1.00. The van der Waals surface area contributed by atoms with Crippen molar-refractivity contribution in [3.8, 4) is 0 Å². The van der Waals surface area contributed by atoms with Crippen LogP contribution in [0.4, 0.5) is 0 Å². The van der Waals surface area contributed by atoms with Crippen LogP contribution in [0.2, 0.25) is 0 Å². The van der Waals surface area contributed by atoms with Crippen LogP contribution in [0.25, 0.3) is 0 Å². The molecule has 0 bridgehead atoms. The molecule has 0 radical (unpaired) electrons. The summed E-state index contributed by atoms with van der Waals surface area (Å²) in [6.45, 7) is 5.04. The summed E-state index contributed by atoms with van der Waals surface area (Å²) in [4.78, 5) is 0. The van der Waals surface area contributed by atoms with Crippen LogP contribution in [0.3, 0.4) is 0 Å². The molecule has 1 heterocycles. The van der Waals surface area contributed by atoms with E-state index in [0.717, 1.165) is 13.0 Å². The molecule has 1 atom stereocenters. The van der Waals surface area contributed by atoms with Crippen LogP contribution in [0.15, 0.2) is 0 Å². The summed E-state index contributed by atoms with van der Waals surface area (Å²) in [6, 6.07) is 0. The molecule has 1 aliphatic rings. The second-order valence-electron chi connectivity index (χ2n) is 4.72. The third kappa shape index (κ3) is 8.58. The Morgan fingerprint density at radius 3 is 2.29 bits per heavy atom. The molecule has 0 N–H and O–H groups in total. The van der Waals surface area contributed by atoms with E-state index in [1.54, 1.807) is 0 Å². The van der Waals surface area contributed by atoms with Crippen LogP contribution < -0.4 is 0 Å². The van der Waals surface area contributed by atoms with Crippen molar-refractivity contribution >= 4 is 0 Å². The zero-order chi connectivity index (χ0) is 12.2. The van der Waals surface area contributed by atoms with E-state index in [9.17, 15) is 0 Å². The lowest BCUT2D eigenvalue weighted by molar-refractivity contribution is -0.211. The second-order valence-corrected chi connectivity index (χ2v) is 4.72. The molecule has 0 aromatic carbocycles. The van der Waals surface area contributed by atoms with Crippen molar-refractivity contribution in [1.82, 2.24) is 0 Å². The van der Waals surface area contributed by atoms with Crippen molar-refractivity contribution in [2.24, 2.45) is 0 Å². The predicted molar refractivity (Wildman–Crippen MR) is 69.1 cm³/mol. The third-order valence-corrected chi connectivity index (χ3v) is 3.09. The molecule has 3 nitrogen and oxygen atoms in total. The molecule has 102 valence electrons. The molecule has 0 amide bonds. The van der Waals surface area contributed by atoms with E-state index >= 15 is 0 Å². The van der Waals surface area contributed by atoms with Gasteiger partial charge in [0, 0.05) is 6.61 Å². The summed E-state index contributed by atoms with van der Waals surface area (Å²) in [6.07, 6.45) is 10.5. The molecule has 1 aliphatic heterocycles. The van der Waals surface area contributed by atoms with Gasteiger partial charge < -0.3 is 14.2 Å². The van der Waals surface area contributed by atoms with Gasteiger partial charge in [0.2, 0.25) is 0 Å². The van der Waals surface area contributed by atoms with E-state index in [0.29, 0.717) is 19.8 Å². The fourth-order valence-electron chi connectivity index (χ4n) is 2.01. The van der Waals surface area contributed by atoms with Gasteiger partial charge in [-0.1, -0.05) is 51.9 Å². The smallest absolute Gasteiger partial charge is 0.180 e. The summed E-state index contributed by atoms with van der Waals surface area (Å²) >= 11 is 0. The zero-order valence-corrected chi connectivity index (χ0v) is 11.3. The molecule has 0 aromatic rings. The Balaban J connectivity index is 1.75. The van der Waals surface area contributed by atoms with Crippen LogP contribution in [0.1, 0.15) is 58.3 Å². The Hall–Kier alpha value is -0.120. The van der Waals surface area contributed by atoms with Gasteiger partial charge in [-0.25, -0.2) is 0 Å². The first kappa shape index (κ1) is 14.9. The molecular weight excluding hydrogens is 216 g/mol. The molecule has 0 aromatic heterocycles. The summed E-state index contributed by atoms with van der Waals surface area (Å²) in [5.41, 5.74) is 0. The zero-order valence-electron chi connectivity index (χ0n) is 11.3. The maximum Gasteiger partial charge on any atom is 0.180 e. The minimum Gasteiger partial charge on any atom is -0.374 e. The van der Waals surface area contributed by atoms with Gasteiger partial charge in [-0.15, -0.1) is 0 Å². The molecule has 0 spiro atoms. The Labute approximate surface area is 106 Å². The minimum atomic E-state index is -0.117. The highest BCUT2D eigenvalue weighted by Gasteiger charge is 2.13. The quantitative estimate of drug-likeness (QED) is 0.550. The van der Waals surface area contributed by atoms with Gasteiger partial charge in [0.25, 0.3) is 0 Å². The lowest BCUT2D eigenvalue weighted by Gasteiger charge is -2.22. The van der Waals surface area contributed by atoms with Crippen molar-refractivity contribution in [2.75, 3.05) is 26.4 Å². The third-order valence-electron chi connectivity index (χ3n) is 3.09. The van der Waals surface area contributed by atoms with E-state index < -0.39 is 0 Å². The summed E-state index contributed by atoms with van der Waals surface area (Å²) in [5, 5.41) is 0.